The summed E-state index contributed by atoms with van der Waals surface area (Å²) in [5.41, 5.74) is 0. The average molecular weight is 274 g/mol. The summed E-state index contributed by atoms with van der Waals surface area (Å²) in [7, 11) is 3.62. The molecule has 19 heavy (non-hydrogen) atoms. The van der Waals surface area contributed by atoms with Gasteiger partial charge >= 0.3 is 6.55 Å². The zero-order valence-corrected chi connectivity index (χ0v) is 11.6. The van der Waals surface area contributed by atoms with E-state index in [0.717, 1.165) is 4.57 Å². The molecule has 1 N–H and O–H groups in total. The third kappa shape index (κ3) is 3.99. The number of rotatable bonds is 6. The molecule has 0 aliphatic rings. The van der Waals surface area contributed by atoms with Crippen LogP contribution in [0.4, 0.5) is 8.78 Å². The lowest BCUT2D eigenvalue weighted by atomic mass is 10.0. The quantitative estimate of drug-likeness (QED) is 0.855. The third-order valence-electron chi connectivity index (χ3n) is 2.84. The second-order valence-electron chi connectivity index (χ2n) is 4.90. The molecule has 0 aromatic carbocycles. The van der Waals surface area contributed by atoms with Gasteiger partial charge in [-0.15, -0.1) is 0 Å². The van der Waals surface area contributed by atoms with Crippen molar-refractivity contribution in [2.45, 2.75) is 33.0 Å². The first kappa shape index (κ1) is 15.6. The maximum Gasteiger partial charge on any atom is 0.319 e. The number of alkyl halides is 2. The summed E-state index contributed by atoms with van der Waals surface area (Å²) in [5.74, 6) is 0.0817. The molecule has 0 aliphatic carbocycles. The minimum absolute atomic E-state index is 0.00671. The Balaban J connectivity index is 2.65. The molecule has 0 bridgehead atoms. The van der Waals surface area contributed by atoms with E-state index in [1.165, 1.54) is 12.4 Å². The SMILES string of the molecule is CC(C)[C@@H](C(=O)NCc1nccn1C(F)F)N(C)C. The van der Waals surface area contributed by atoms with Gasteiger partial charge in [0.05, 0.1) is 12.6 Å². The Morgan fingerprint density at radius 1 is 1.47 bits per heavy atom. The summed E-state index contributed by atoms with van der Waals surface area (Å²) in [6.45, 7) is 1.21. The van der Waals surface area contributed by atoms with Crippen molar-refractivity contribution < 1.29 is 13.6 Å². The van der Waals surface area contributed by atoms with E-state index in [9.17, 15) is 13.6 Å². The number of likely N-dealkylation sites (N-methyl/N-ethyl adjacent to an activating group) is 1. The van der Waals surface area contributed by atoms with Crippen LogP contribution in [0, 0.1) is 5.92 Å². The molecule has 0 unspecified atom stereocenters. The van der Waals surface area contributed by atoms with Crippen LogP contribution in [-0.4, -0.2) is 40.5 Å². The van der Waals surface area contributed by atoms with Gasteiger partial charge in [-0.2, -0.15) is 8.78 Å². The molecule has 1 amide bonds. The number of carbonyl (C=O) groups is 1. The van der Waals surface area contributed by atoms with Gasteiger partial charge in [0.15, 0.2) is 0 Å². The molecule has 1 atom stereocenters. The predicted octanol–water partition coefficient (Wildman–Crippen LogP) is 1.48. The molecule has 1 heterocycles. The number of aromatic nitrogens is 2. The lowest BCUT2D eigenvalue weighted by Gasteiger charge is -2.26. The monoisotopic (exact) mass is 274 g/mol. The summed E-state index contributed by atoms with van der Waals surface area (Å²) < 4.78 is 25.9. The van der Waals surface area contributed by atoms with Crippen molar-refractivity contribution in [3.8, 4) is 0 Å². The summed E-state index contributed by atoms with van der Waals surface area (Å²) in [6.07, 6.45) is 2.48. The number of imidazole rings is 1. The van der Waals surface area contributed by atoms with Gasteiger partial charge in [0, 0.05) is 12.4 Å². The number of hydrogen-bond donors (Lipinski definition) is 1. The second-order valence-corrected chi connectivity index (χ2v) is 4.90. The highest BCUT2D eigenvalue weighted by atomic mass is 19.3. The van der Waals surface area contributed by atoms with Crippen molar-refractivity contribution in [1.29, 1.82) is 0 Å². The second kappa shape index (κ2) is 6.60. The molecular formula is C12H20F2N4O. The molecule has 0 saturated heterocycles. The van der Waals surface area contributed by atoms with Gasteiger partial charge in [-0.1, -0.05) is 13.8 Å². The number of hydrogen-bond acceptors (Lipinski definition) is 3. The van der Waals surface area contributed by atoms with Gasteiger partial charge in [0.2, 0.25) is 5.91 Å². The zero-order valence-electron chi connectivity index (χ0n) is 11.6. The Labute approximate surface area is 111 Å². The van der Waals surface area contributed by atoms with Crippen LogP contribution in [0.25, 0.3) is 0 Å². The van der Waals surface area contributed by atoms with Crippen molar-refractivity contribution in [3.05, 3.63) is 18.2 Å². The maximum absolute atomic E-state index is 12.6. The van der Waals surface area contributed by atoms with E-state index in [0.29, 0.717) is 0 Å². The minimum Gasteiger partial charge on any atom is -0.347 e. The third-order valence-corrected chi connectivity index (χ3v) is 2.84. The van der Waals surface area contributed by atoms with E-state index >= 15 is 0 Å². The largest absolute Gasteiger partial charge is 0.347 e. The Morgan fingerprint density at radius 3 is 2.58 bits per heavy atom. The molecule has 1 aromatic heterocycles. The molecule has 0 fully saturated rings. The van der Waals surface area contributed by atoms with Gasteiger partial charge in [-0.3, -0.25) is 14.3 Å². The van der Waals surface area contributed by atoms with Crippen molar-refractivity contribution in [1.82, 2.24) is 19.8 Å². The number of nitrogens with zero attached hydrogens (tertiary/aromatic N) is 3. The number of carbonyl (C=O) groups excluding carboxylic acids is 1. The van der Waals surface area contributed by atoms with E-state index in [-0.39, 0.29) is 30.2 Å². The van der Waals surface area contributed by atoms with Crippen LogP contribution >= 0.6 is 0 Å². The lowest BCUT2D eigenvalue weighted by molar-refractivity contribution is -0.127. The first-order valence-corrected chi connectivity index (χ1v) is 6.08. The Morgan fingerprint density at radius 2 is 2.11 bits per heavy atom. The standard InChI is InChI=1S/C12H20F2N4O/c1-8(2)10(17(3)4)11(19)16-7-9-15-5-6-18(9)12(13)14/h5-6,8,10,12H,7H2,1-4H3,(H,16,19)/t10-/m0/s1. The molecule has 1 rings (SSSR count). The van der Waals surface area contributed by atoms with Gasteiger partial charge in [0.25, 0.3) is 0 Å². The fourth-order valence-electron chi connectivity index (χ4n) is 2.06. The first-order chi connectivity index (χ1) is 8.84. The van der Waals surface area contributed by atoms with E-state index < -0.39 is 6.55 Å². The van der Waals surface area contributed by atoms with E-state index in [1.54, 1.807) is 4.90 Å². The first-order valence-electron chi connectivity index (χ1n) is 6.08. The molecule has 0 aliphatic heterocycles. The van der Waals surface area contributed by atoms with Gasteiger partial charge in [-0.25, -0.2) is 4.98 Å². The predicted molar refractivity (Wildman–Crippen MR) is 67.6 cm³/mol. The highest BCUT2D eigenvalue weighted by Crippen LogP contribution is 2.12. The van der Waals surface area contributed by atoms with Crippen LogP contribution in [0.2, 0.25) is 0 Å². The molecule has 1 aromatic rings. The zero-order chi connectivity index (χ0) is 14.6. The smallest absolute Gasteiger partial charge is 0.319 e. The molecule has 0 radical (unpaired) electrons. The van der Waals surface area contributed by atoms with Crippen LogP contribution in [0.15, 0.2) is 12.4 Å². The number of nitrogens with one attached hydrogen (secondary N) is 1. The van der Waals surface area contributed by atoms with Crippen LogP contribution in [0.3, 0.4) is 0 Å². The molecule has 0 spiro atoms. The Bertz CT molecular complexity index is 410. The Hall–Kier alpha value is -1.50. The van der Waals surface area contributed by atoms with Crippen molar-refractivity contribution >= 4 is 5.91 Å². The fourth-order valence-corrected chi connectivity index (χ4v) is 2.06. The van der Waals surface area contributed by atoms with Crippen LogP contribution in [-0.2, 0) is 11.3 Å². The highest BCUT2D eigenvalue weighted by Gasteiger charge is 2.24. The van der Waals surface area contributed by atoms with Gasteiger partial charge in [0.1, 0.15) is 5.82 Å². The van der Waals surface area contributed by atoms with E-state index in [4.69, 9.17) is 0 Å². The summed E-state index contributed by atoms with van der Waals surface area (Å²) in [6, 6.07) is -0.296. The summed E-state index contributed by atoms with van der Waals surface area (Å²) >= 11 is 0. The van der Waals surface area contributed by atoms with Crippen LogP contribution < -0.4 is 5.32 Å². The molecule has 108 valence electrons. The number of halogens is 2. The molecule has 0 saturated carbocycles. The maximum atomic E-state index is 12.6. The van der Waals surface area contributed by atoms with Crippen molar-refractivity contribution in [2.24, 2.45) is 5.92 Å². The van der Waals surface area contributed by atoms with Crippen LogP contribution in [0.5, 0.6) is 0 Å². The van der Waals surface area contributed by atoms with Crippen LogP contribution in [0.1, 0.15) is 26.2 Å². The molecular weight excluding hydrogens is 254 g/mol. The minimum atomic E-state index is -2.65. The van der Waals surface area contributed by atoms with Crippen molar-refractivity contribution in [2.75, 3.05) is 14.1 Å². The number of amides is 1. The topological polar surface area (TPSA) is 50.2 Å². The fraction of sp³-hybridized carbons (Fsp3) is 0.667. The van der Waals surface area contributed by atoms with Crippen molar-refractivity contribution in [3.63, 3.8) is 0 Å². The molecule has 5 nitrogen and oxygen atoms in total. The Kier molecular flexibility index (Phi) is 5.41. The van der Waals surface area contributed by atoms with Gasteiger partial charge < -0.3 is 5.32 Å². The highest BCUT2D eigenvalue weighted by molar-refractivity contribution is 5.81. The van der Waals surface area contributed by atoms with E-state index in [2.05, 4.69) is 10.3 Å². The van der Waals surface area contributed by atoms with Gasteiger partial charge in [-0.05, 0) is 20.0 Å². The summed E-state index contributed by atoms with van der Waals surface area (Å²) in [4.78, 5) is 17.6. The average Bonchev–Trinajstić information content (AvgIpc) is 2.73. The lowest BCUT2D eigenvalue weighted by Crippen LogP contribution is -2.46. The normalized spacial score (nSPS) is 13.3. The molecule has 7 heteroatoms. The summed E-state index contributed by atoms with van der Waals surface area (Å²) in [5, 5.41) is 2.65. The van der Waals surface area contributed by atoms with E-state index in [1.807, 2.05) is 27.9 Å².